The molecule has 2 fully saturated rings. The van der Waals surface area contributed by atoms with Gasteiger partial charge in [-0.15, -0.1) is 0 Å². The molecule has 3 heterocycles. The van der Waals surface area contributed by atoms with Crippen molar-refractivity contribution in [3.8, 4) is 6.01 Å². The molecule has 0 aromatic carbocycles. The van der Waals surface area contributed by atoms with E-state index >= 15 is 0 Å². The fourth-order valence-electron chi connectivity index (χ4n) is 2.79. The van der Waals surface area contributed by atoms with Crippen LogP contribution in [0, 0.1) is 0 Å². The van der Waals surface area contributed by atoms with Gasteiger partial charge in [-0.1, -0.05) is 0 Å². The molecule has 0 bridgehead atoms. The molecule has 1 aromatic rings. The maximum Gasteiger partial charge on any atom is 0.321 e. The number of nitrogens with zero attached hydrogens (tertiary/aromatic N) is 5. The topological polar surface area (TPSA) is 101 Å². The standard InChI is InChI=1S/C13H22N6O3S/c1-22-13-16-11(15-12(17-13)18-6-2-3-7-18)10-14-23(20,21)19-8-4-5-9-19/h14H,2-10H2,1H3. The number of hydrogen-bond donors (Lipinski definition) is 1. The van der Waals surface area contributed by atoms with Gasteiger partial charge in [0, 0.05) is 26.2 Å². The molecule has 0 aliphatic carbocycles. The Balaban J connectivity index is 1.72. The predicted molar refractivity (Wildman–Crippen MR) is 84.4 cm³/mol. The van der Waals surface area contributed by atoms with Gasteiger partial charge < -0.3 is 9.64 Å². The van der Waals surface area contributed by atoms with Gasteiger partial charge in [0.05, 0.1) is 13.7 Å². The molecule has 1 aromatic heterocycles. The van der Waals surface area contributed by atoms with E-state index in [2.05, 4.69) is 24.6 Å². The minimum atomic E-state index is -3.48. The van der Waals surface area contributed by atoms with Crippen LogP contribution in [-0.2, 0) is 16.8 Å². The highest BCUT2D eigenvalue weighted by Gasteiger charge is 2.25. The van der Waals surface area contributed by atoms with Crippen LogP contribution in [0.3, 0.4) is 0 Å². The Morgan fingerprint density at radius 2 is 1.70 bits per heavy atom. The molecule has 0 radical (unpaired) electrons. The average Bonchev–Trinajstić information content (AvgIpc) is 3.25. The quantitative estimate of drug-likeness (QED) is 0.771. The summed E-state index contributed by atoms with van der Waals surface area (Å²) < 4.78 is 33.5. The summed E-state index contributed by atoms with van der Waals surface area (Å²) in [6, 6.07) is 0.206. The van der Waals surface area contributed by atoms with Gasteiger partial charge in [0.2, 0.25) is 5.95 Å². The molecule has 2 saturated heterocycles. The Labute approximate surface area is 136 Å². The maximum atomic E-state index is 12.2. The maximum absolute atomic E-state index is 12.2. The second-order valence-electron chi connectivity index (χ2n) is 5.66. The van der Waals surface area contributed by atoms with Gasteiger partial charge in [-0.2, -0.15) is 32.4 Å². The Morgan fingerprint density at radius 3 is 2.35 bits per heavy atom. The predicted octanol–water partition coefficient (Wildman–Crippen LogP) is -0.0894. The van der Waals surface area contributed by atoms with E-state index in [9.17, 15) is 8.42 Å². The van der Waals surface area contributed by atoms with E-state index in [0.717, 1.165) is 38.8 Å². The van der Waals surface area contributed by atoms with Gasteiger partial charge in [0.25, 0.3) is 10.2 Å². The van der Waals surface area contributed by atoms with Gasteiger partial charge >= 0.3 is 6.01 Å². The third-order valence-corrected chi connectivity index (χ3v) is 5.59. The average molecular weight is 342 g/mol. The number of anilines is 1. The molecule has 2 aliphatic heterocycles. The van der Waals surface area contributed by atoms with Crippen LogP contribution in [0.25, 0.3) is 0 Å². The smallest absolute Gasteiger partial charge is 0.321 e. The first-order chi connectivity index (χ1) is 11.1. The number of rotatable bonds is 6. The van der Waals surface area contributed by atoms with Crippen LogP contribution in [0.1, 0.15) is 31.5 Å². The Kier molecular flexibility index (Phi) is 4.93. The van der Waals surface area contributed by atoms with Crippen molar-refractivity contribution in [3.63, 3.8) is 0 Å². The van der Waals surface area contributed by atoms with Crippen LogP contribution in [-0.4, -0.2) is 61.0 Å². The molecule has 0 amide bonds. The van der Waals surface area contributed by atoms with Gasteiger partial charge in [0.1, 0.15) is 0 Å². The zero-order chi connectivity index (χ0) is 16.3. The zero-order valence-electron chi connectivity index (χ0n) is 13.2. The third kappa shape index (κ3) is 3.88. The summed E-state index contributed by atoms with van der Waals surface area (Å²) in [6.45, 7) is 2.94. The Hall–Kier alpha value is -1.52. The number of ether oxygens (including phenoxy) is 1. The van der Waals surface area contributed by atoms with Crippen molar-refractivity contribution in [2.24, 2.45) is 0 Å². The van der Waals surface area contributed by atoms with E-state index in [1.807, 2.05) is 0 Å². The first kappa shape index (κ1) is 16.3. The minimum Gasteiger partial charge on any atom is -0.467 e. The molecule has 0 atom stereocenters. The summed E-state index contributed by atoms with van der Waals surface area (Å²) in [7, 11) is -1.99. The largest absolute Gasteiger partial charge is 0.467 e. The summed E-state index contributed by atoms with van der Waals surface area (Å²) in [4.78, 5) is 14.8. The van der Waals surface area contributed by atoms with Crippen molar-refractivity contribution in [2.75, 3.05) is 38.2 Å². The minimum absolute atomic E-state index is 0.0263. The second kappa shape index (κ2) is 6.93. The van der Waals surface area contributed by atoms with Gasteiger partial charge in [-0.05, 0) is 25.7 Å². The summed E-state index contributed by atoms with van der Waals surface area (Å²) in [5.74, 6) is 0.909. The molecular formula is C13H22N6O3S. The first-order valence-electron chi connectivity index (χ1n) is 7.87. The van der Waals surface area contributed by atoms with Crippen molar-refractivity contribution in [1.29, 1.82) is 0 Å². The lowest BCUT2D eigenvalue weighted by Crippen LogP contribution is -2.38. The second-order valence-corrected chi connectivity index (χ2v) is 7.42. The summed E-state index contributed by atoms with van der Waals surface area (Å²) in [5, 5.41) is 0. The monoisotopic (exact) mass is 342 g/mol. The van der Waals surface area contributed by atoms with E-state index in [4.69, 9.17) is 4.74 Å². The molecular weight excluding hydrogens is 320 g/mol. The normalized spacial score (nSPS) is 19.4. The number of aromatic nitrogens is 3. The fourth-order valence-corrected chi connectivity index (χ4v) is 4.02. The first-order valence-corrected chi connectivity index (χ1v) is 9.31. The molecule has 23 heavy (non-hydrogen) atoms. The number of nitrogens with one attached hydrogen (secondary N) is 1. The number of methoxy groups -OCH3 is 1. The lowest BCUT2D eigenvalue weighted by atomic mass is 10.4. The van der Waals surface area contributed by atoms with Crippen LogP contribution in [0.5, 0.6) is 6.01 Å². The van der Waals surface area contributed by atoms with Gasteiger partial charge in [-0.3, -0.25) is 0 Å². The molecule has 1 N–H and O–H groups in total. The highest BCUT2D eigenvalue weighted by atomic mass is 32.2. The van der Waals surface area contributed by atoms with E-state index in [-0.39, 0.29) is 12.6 Å². The lowest BCUT2D eigenvalue weighted by Gasteiger charge is -2.17. The van der Waals surface area contributed by atoms with Crippen LogP contribution < -0.4 is 14.4 Å². The van der Waals surface area contributed by atoms with Gasteiger partial charge in [-0.25, -0.2) is 0 Å². The van der Waals surface area contributed by atoms with Crippen molar-refractivity contribution in [3.05, 3.63) is 5.82 Å². The van der Waals surface area contributed by atoms with E-state index < -0.39 is 10.2 Å². The van der Waals surface area contributed by atoms with Crippen LogP contribution in [0.15, 0.2) is 0 Å². The SMILES string of the molecule is COc1nc(CNS(=O)(=O)N2CCCC2)nc(N2CCCC2)n1. The molecule has 3 rings (SSSR count). The zero-order valence-corrected chi connectivity index (χ0v) is 14.0. The van der Waals surface area contributed by atoms with Crippen molar-refractivity contribution >= 4 is 16.2 Å². The lowest BCUT2D eigenvalue weighted by molar-refractivity contribution is 0.375. The van der Waals surface area contributed by atoms with Crippen molar-refractivity contribution < 1.29 is 13.2 Å². The molecule has 10 heteroatoms. The Bertz CT molecular complexity index is 641. The van der Waals surface area contributed by atoms with Crippen LogP contribution >= 0.6 is 0 Å². The molecule has 0 saturated carbocycles. The molecule has 2 aliphatic rings. The van der Waals surface area contributed by atoms with E-state index in [0.29, 0.717) is 24.9 Å². The van der Waals surface area contributed by atoms with Crippen LogP contribution in [0.4, 0.5) is 5.95 Å². The van der Waals surface area contributed by atoms with Gasteiger partial charge in [0.15, 0.2) is 5.82 Å². The number of hydrogen-bond acceptors (Lipinski definition) is 7. The van der Waals surface area contributed by atoms with Crippen molar-refractivity contribution in [2.45, 2.75) is 32.2 Å². The molecule has 0 unspecified atom stereocenters. The molecule has 9 nitrogen and oxygen atoms in total. The highest BCUT2D eigenvalue weighted by molar-refractivity contribution is 7.87. The molecule has 128 valence electrons. The summed E-state index contributed by atoms with van der Waals surface area (Å²) >= 11 is 0. The van der Waals surface area contributed by atoms with E-state index in [1.165, 1.54) is 11.4 Å². The Morgan fingerprint density at radius 1 is 1.04 bits per heavy atom. The van der Waals surface area contributed by atoms with E-state index in [1.54, 1.807) is 0 Å². The highest BCUT2D eigenvalue weighted by Crippen LogP contribution is 2.18. The molecule has 0 spiro atoms. The summed E-state index contributed by atoms with van der Waals surface area (Å²) in [5.41, 5.74) is 0. The van der Waals surface area contributed by atoms with Crippen LogP contribution in [0.2, 0.25) is 0 Å². The summed E-state index contributed by atoms with van der Waals surface area (Å²) in [6.07, 6.45) is 4.01. The fraction of sp³-hybridized carbons (Fsp3) is 0.769. The van der Waals surface area contributed by atoms with Crippen molar-refractivity contribution in [1.82, 2.24) is 24.0 Å². The third-order valence-electron chi connectivity index (χ3n) is 4.04.